The van der Waals surface area contributed by atoms with Crippen molar-refractivity contribution in [2.24, 2.45) is 10.4 Å². The molecule has 66 valence electrons. The Kier molecular flexibility index (Phi) is 8.91. The Bertz CT molecular complexity index is 107. The van der Waals surface area contributed by atoms with Gasteiger partial charge in [0, 0.05) is 18.7 Å². The highest BCUT2D eigenvalue weighted by Gasteiger charge is 2.07. The summed E-state index contributed by atoms with van der Waals surface area (Å²) in [5, 5.41) is 0. The molecule has 0 saturated carbocycles. The van der Waals surface area contributed by atoms with E-state index in [9.17, 15) is 0 Å². The molecule has 0 atom stereocenters. The van der Waals surface area contributed by atoms with Crippen LogP contribution in [0.5, 0.6) is 0 Å². The first-order chi connectivity index (χ1) is 5.12. The van der Waals surface area contributed by atoms with E-state index >= 15 is 0 Å². The highest BCUT2D eigenvalue weighted by Crippen LogP contribution is 2.12. The van der Waals surface area contributed by atoms with Gasteiger partial charge in [0.05, 0.1) is 0 Å². The molecular weight excluding hydrogens is 134 g/mol. The summed E-state index contributed by atoms with van der Waals surface area (Å²) in [6.07, 6.45) is 6.11. The molecule has 0 rings (SSSR count). The lowest BCUT2D eigenvalue weighted by molar-refractivity contribution is 0.691. The van der Waals surface area contributed by atoms with Crippen LogP contribution in [0, 0.1) is 5.41 Å². The van der Waals surface area contributed by atoms with E-state index in [2.05, 4.69) is 24.9 Å². The van der Waals surface area contributed by atoms with Crippen molar-refractivity contribution in [3.05, 3.63) is 12.2 Å². The summed E-state index contributed by atoms with van der Waals surface area (Å²) in [5.41, 5.74) is 0.128. The van der Waals surface area contributed by atoms with Crippen molar-refractivity contribution in [3.8, 4) is 0 Å². The molecular formula is C10H21N. The Morgan fingerprint density at radius 2 is 1.64 bits per heavy atom. The molecule has 0 bridgehead atoms. The molecule has 0 radical (unpaired) electrons. The highest BCUT2D eigenvalue weighted by molar-refractivity contribution is 5.67. The smallest absolute Gasteiger partial charge is 0.0273 e. The monoisotopic (exact) mass is 155 g/mol. The van der Waals surface area contributed by atoms with Crippen LogP contribution in [0.15, 0.2) is 17.1 Å². The predicted octanol–water partition coefficient (Wildman–Crippen LogP) is 3.32. The lowest BCUT2D eigenvalue weighted by Crippen LogP contribution is -2.07. The van der Waals surface area contributed by atoms with E-state index in [1.807, 2.05) is 33.1 Å². The van der Waals surface area contributed by atoms with Gasteiger partial charge in [-0.05, 0) is 6.92 Å². The van der Waals surface area contributed by atoms with Crippen molar-refractivity contribution in [1.29, 1.82) is 0 Å². The van der Waals surface area contributed by atoms with Crippen LogP contribution in [0.4, 0.5) is 0 Å². The van der Waals surface area contributed by atoms with Crippen LogP contribution in [0.25, 0.3) is 0 Å². The van der Waals surface area contributed by atoms with Gasteiger partial charge in [-0.1, -0.05) is 39.8 Å². The first kappa shape index (κ1) is 13.0. The molecule has 0 heterocycles. The molecule has 1 nitrogen and oxygen atoms in total. The zero-order chi connectivity index (χ0) is 9.33. The first-order valence-electron chi connectivity index (χ1n) is 4.19. The topological polar surface area (TPSA) is 12.4 Å². The largest absolute Gasteiger partial charge is 0.300 e. The van der Waals surface area contributed by atoms with Gasteiger partial charge in [-0.2, -0.15) is 0 Å². The number of nitrogens with zero attached hydrogens (tertiary/aromatic N) is 1. The molecule has 0 N–H and O–H groups in total. The summed E-state index contributed by atoms with van der Waals surface area (Å²) in [7, 11) is 1.80. The molecule has 0 aromatic carbocycles. The van der Waals surface area contributed by atoms with E-state index in [0.717, 1.165) is 0 Å². The van der Waals surface area contributed by atoms with Gasteiger partial charge in [-0.3, -0.25) is 4.99 Å². The minimum Gasteiger partial charge on any atom is -0.300 e. The average Bonchev–Trinajstić information content (AvgIpc) is 1.91. The van der Waals surface area contributed by atoms with Gasteiger partial charge in [0.1, 0.15) is 0 Å². The van der Waals surface area contributed by atoms with E-state index in [1.165, 1.54) is 0 Å². The van der Waals surface area contributed by atoms with E-state index in [1.54, 1.807) is 7.05 Å². The fraction of sp³-hybridized carbons (Fsp3) is 0.700. The number of hydrogen-bond donors (Lipinski definition) is 0. The van der Waals surface area contributed by atoms with Crippen LogP contribution in [0.3, 0.4) is 0 Å². The Morgan fingerprint density at radius 3 is 1.91 bits per heavy atom. The van der Waals surface area contributed by atoms with Crippen LogP contribution < -0.4 is 0 Å². The molecule has 0 aliphatic rings. The van der Waals surface area contributed by atoms with Crippen LogP contribution in [0.2, 0.25) is 0 Å². The summed E-state index contributed by atoms with van der Waals surface area (Å²) in [6, 6.07) is 0. The van der Waals surface area contributed by atoms with E-state index in [-0.39, 0.29) is 5.41 Å². The van der Waals surface area contributed by atoms with Crippen LogP contribution in [-0.4, -0.2) is 13.3 Å². The SMILES string of the molecule is C/C=C\C(C)(C)C=NC.CC. The van der Waals surface area contributed by atoms with Crippen LogP contribution in [0.1, 0.15) is 34.6 Å². The number of aliphatic imine (C=N–C) groups is 1. The van der Waals surface area contributed by atoms with Crippen molar-refractivity contribution < 1.29 is 0 Å². The normalized spacial score (nSPS) is 11.8. The summed E-state index contributed by atoms with van der Waals surface area (Å²) in [4.78, 5) is 3.95. The molecule has 0 saturated heterocycles. The van der Waals surface area contributed by atoms with Gasteiger partial charge in [-0.15, -0.1) is 0 Å². The molecule has 1 heteroatoms. The third-order valence-corrected chi connectivity index (χ3v) is 1.06. The minimum atomic E-state index is 0.128. The second-order valence-electron chi connectivity index (χ2n) is 2.71. The molecule has 0 aliphatic carbocycles. The maximum Gasteiger partial charge on any atom is 0.0273 e. The lowest BCUT2D eigenvalue weighted by Gasteiger charge is -2.11. The predicted molar refractivity (Wildman–Crippen MR) is 54.4 cm³/mol. The molecule has 11 heavy (non-hydrogen) atoms. The zero-order valence-electron chi connectivity index (χ0n) is 8.68. The summed E-state index contributed by atoms with van der Waals surface area (Å²) >= 11 is 0. The maximum atomic E-state index is 3.95. The molecule has 0 aliphatic heterocycles. The molecule has 0 spiro atoms. The number of rotatable bonds is 2. The van der Waals surface area contributed by atoms with Crippen molar-refractivity contribution in [1.82, 2.24) is 0 Å². The lowest BCUT2D eigenvalue weighted by atomic mass is 9.95. The van der Waals surface area contributed by atoms with Gasteiger partial charge < -0.3 is 0 Å². The average molecular weight is 155 g/mol. The number of allylic oxidation sites excluding steroid dienone is 2. The number of hydrogen-bond acceptors (Lipinski definition) is 1. The maximum absolute atomic E-state index is 3.95. The third kappa shape index (κ3) is 9.41. The molecule has 0 aromatic rings. The van der Waals surface area contributed by atoms with Gasteiger partial charge in [-0.25, -0.2) is 0 Å². The van der Waals surface area contributed by atoms with E-state index in [4.69, 9.17) is 0 Å². The Labute approximate surface area is 71.2 Å². The van der Waals surface area contributed by atoms with Gasteiger partial charge in [0.25, 0.3) is 0 Å². The Balaban J connectivity index is 0. The second-order valence-corrected chi connectivity index (χ2v) is 2.71. The Morgan fingerprint density at radius 1 is 1.18 bits per heavy atom. The van der Waals surface area contributed by atoms with Gasteiger partial charge in [0.2, 0.25) is 0 Å². The molecule has 0 aromatic heterocycles. The quantitative estimate of drug-likeness (QED) is 0.428. The summed E-state index contributed by atoms with van der Waals surface area (Å²) in [6.45, 7) is 10.3. The van der Waals surface area contributed by atoms with Crippen molar-refractivity contribution >= 4 is 6.21 Å². The highest BCUT2D eigenvalue weighted by atomic mass is 14.6. The second kappa shape index (κ2) is 7.52. The molecule has 0 fully saturated rings. The Hall–Kier alpha value is -0.590. The van der Waals surface area contributed by atoms with E-state index < -0.39 is 0 Å². The standard InChI is InChI=1S/C8H15N.C2H6/c1-5-6-8(2,3)7-9-4;1-2/h5-7H,1-4H3;1-2H3/b6-5-,9-7?;. The zero-order valence-corrected chi connectivity index (χ0v) is 8.68. The third-order valence-electron chi connectivity index (χ3n) is 1.06. The fourth-order valence-electron chi connectivity index (χ4n) is 0.805. The van der Waals surface area contributed by atoms with Crippen LogP contribution in [-0.2, 0) is 0 Å². The van der Waals surface area contributed by atoms with E-state index in [0.29, 0.717) is 0 Å². The van der Waals surface area contributed by atoms with Gasteiger partial charge in [0.15, 0.2) is 0 Å². The van der Waals surface area contributed by atoms with Crippen molar-refractivity contribution in [2.45, 2.75) is 34.6 Å². The fourth-order valence-corrected chi connectivity index (χ4v) is 0.805. The van der Waals surface area contributed by atoms with Gasteiger partial charge >= 0.3 is 0 Å². The molecule has 0 amide bonds. The summed E-state index contributed by atoms with van der Waals surface area (Å²) < 4.78 is 0. The van der Waals surface area contributed by atoms with Crippen molar-refractivity contribution in [3.63, 3.8) is 0 Å². The molecule has 0 unspecified atom stereocenters. The van der Waals surface area contributed by atoms with Crippen molar-refractivity contribution in [2.75, 3.05) is 7.05 Å². The minimum absolute atomic E-state index is 0.128. The first-order valence-corrected chi connectivity index (χ1v) is 4.19. The summed E-state index contributed by atoms with van der Waals surface area (Å²) in [5.74, 6) is 0. The van der Waals surface area contributed by atoms with Crippen LogP contribution >= 0.6 is 0 Å².